The van der Waals surface area contributed by atoms with Crippen LogP contribution in [0.5, 0.6) is 5.75 Å². The van der Waals surface area contributed by atoms with Crippen LogP contribution in [0, 0.1) is 5.92 Å². The number of carbonyl (C=O) groups excluding carboxylic acids is 1. The molecular weight excluding hydrogens is 266 g/mol. The number of hydrogen-bond donors (Lipinski definition) is 0. The second-order valence-electron chi connectivity index (χ2n) is 6.68. The lowest BCUT2D eigenvalue weighted by molar-refractivity contribution is -0.138. The number of nitrogens with zero attached hydrogens (tertiary/aromatic N) is 1. The molecule has 0 radical (unpaired) electrons. The van der Waals surface area contributed by atoms with Crippen LogP contribution in [0.2, 0.25) is 19.6 Å². The molecule has 3 nitrogen and oxygen atoms in total. The molecule has 20 heavy (non-hydrogen) atoms. The van der Waals surface area contributed by atoms with E-state index in [1.807, 2.05) is 30.3 Å². The first-order valence-corrected chi connectivity index (χ1v) is 10.8. The van der Waals surface area contributed by atoms with Gasteiger partial charge in [0, 0.05) is 6.04 Å². The second kappa shape index (κ2) is 6.10. The Morgan fingerprint density at radius 2 is 1.85 bits per heavy atom. The highest BCUT2D eigenvalue weighted by atomic mass is 28.3. The first kappa shape index (κ1) is 15.3. The van der Waals surface area contributed by atoms with Crippen molar-refractivity contribution in [1.82, 2.24) is 4.57 Å². The van der Waals surface area contributed by atoms with Gasteiger partial charge in [-0.1, -0.05) is 37.8 Å². The van der Waals surface area contributed by atoms with Crippen LogP contribution < -0.4 is 4.74 Å². The molecule has 0 aromatic heterocycles. The minimum Gasteiger partial charge on any atom is -0.426 e. The molecule has 1 saturated carbocycles. The summed E-state index contributed by atoms with van der Waals surface area (Å²) >= 11 is 0. The molecule has 4 heteroatoms. The predicted octanol–water partition coefficient (Wildman–Crippen LogP) is 3.53. The van der Waals surface area contributed by atoms with Gasteiger partial charge in [0.25, 0.3) is 0 Å². The molecule has 0 bridgehead atoms. The molecule has 0 amide bonds. The molecule has 1 aliphatic rings. The molecule has 0 heterocycles. The third-order valence-corrected chi connectivity index (χ3v) is 6.79. The van der Waals surface area contributed by atoms with Crippen molar-refractivity contribution in [3.8, 4) is 5.75 Å². The van der Waals surface area contributed by atoms with Gasteiger partial charge < -0.3 is 9.30 Å². The van der Waals surface area contributed by atoms with Crippen LogP contribution in [0.4, 0.5) is 0 Å². The maximum absolute atomic E-state index is 12.2. The molecule has 0 saturated heterocycles. The third-order valence-electron chi connectivity index (χ3n) is 4.31. The summed E-state index contributed by atoms with van der Waals surface area (Å²) in [6.07, 6.45) is 2.99. The summed E-state index contributed by atoms with van der Waals surface area (Å²) in [5.41, 5.74) is 0. The van der Waals surface area contributed by atoms with E-state index in [4.69, 9.17) is 4.74 Å². The van der Waals surface area contributed by atoms with Crippen molar-refractivity contribution in [3.63, 3.8) is 0 Å². The molecule has 1 aromatic carbocycles. The zero-order valence-corrected chi connectivity index (χ0v) is 13.9. The Kier molecular flexibility index (Phi) is 4.65. The van der Waals surface area contributed by atoms with E-state index in [0.717, 1.165) is 19.3 Å². The Balaban J connectivity index is 1.91. The maximum atomic E-state index is 12.2. The Hall–Kier alpha value is -1.13. The molecule has 2 atom stereocenters. The quantitative estimate of drug-likeness (QED) is 0.483. The van der Waals surface area contributed by atoms with E-state index in [2.05, 4.69) is 31.3 Å². The number of ether oxygens (including phenoxy) is 1. The average Bonchev–Trinajstić information content (AvgIpc) is 2.87. The van der Waals surface area contributed by atoms with Gasteiger partial charge in [-0.05, 0) is 38.4 Å². The van der Waals surface area contributed by atoms with Gasteiger partial charge >= 0.3 is 5.97 Å². The molecule has 2 rings (SSSR count). The fourth-order valence-electron chi connectivity index (χ4n) is 2.76. The van der Waals surface area contributed by atoms with Gasteiger partial charge in [-0.15, -0.1) is 0 Å². The van der Waals surface area contributed by atoms with Crippen LogP contribution >= 0.6 is 0 Å². The van der Waals surface area contributed by atoms with Gasteiger partial charge in [-0.25, -0.2) is 0 Å². The van der Waals surface area contributed by atoms with Crippen LogP contribution in [0.3, 0.4) is 0 Å². The van der Waals surface area contributed by atoms with Crippen molar-refractivity contribution >= 4 is 14.2 Å². The lowest BCUT2D eigenvalue weighted by Gasteiger charge is -2.35. The number of benzene rings is 1. The molecule has 1 fully saturated rings. The smallest absolute Gasteiger partial charge is 0.314 e. The van der Waals surface area contributed by atoms with E-state index in [-0.39, 0.29) is 11.9 Å². The average molecular weight is 291 g/mol. The highest BCUT2D eigenvalue weighted by Gasteiger charge is 2.36. The van der Waals surface area contributed by atoms with E-state index < -0.39 is 8.24 Å². The van der Waals surface area contributed by atoms with Crippen LogP contribution in [0.15, 0.2) is 30.3 Å². The number of rotatable bonds is 4. The van der Waals surface area contributed by atoms with Crippen LogP contribution in [0.25, 0.3) is 0 Å². The lowest BCUT2D eigenvalue weighted by atomic mass is 10.1. The SMILES string of the molecule is CN(C1CCC(C(=O)Oc2ccccc2)C1)[Si](C)(C)C. The third kappa shape index (κ3) is 3.70. The molecule has 1 aliphatic carbocycles. The summed E-state index contributed by atoms with van der Waals surface area (Å²) in [5.74, 6) is 0.640. The van der Waals surface area contributed by atoms with Gasteiger partial charge in [-0.2, -0.15) is 0 Å². The Morgan fingerprint density at radius 3 is 2.45 bits per heavy atom. The van der Waals surface area contributed by atoms with E-state index >= 15 is 0 Å². The zero-order chi connectivity index (χ0) is 14.8. The standard InChI is InChI=1S/C16H25NO2Si/c1-17(20(2,3)4)14-11-10-13(12-14)16(18)19-15-8-6-5-7-9-15/h5-9,13-14H,10-12H2,1-4H3. The van der Waals surface area contributed by atoms with Crippen molar-refractivity contribution in [1.29, 1.82) is 0 Å². The Morgan fingerprint density at radius 1 is 1.20 bits per heavy atom. The minimum atomic E-state index is -1.28. The molecule has 2 unspecified atom stereocenters. The molecular formula is C16H25NO2Si. The summed E-state index contributed by atoms with van der Waals surface area (Å²) in [6, 6.07) is 9.90. The van der Waals surface area contributed by atoms with E-state index in [0.29, 0.717) is 11.8 Å². The maximum Gasteiger partial charge on any atom is 0.314 e. The molecule has 1 aromatic rings. The van der Waals surface area contributed by atoms with Crippen LogP contribution in [0.1, 0.15) is 19.3 Å². The van der Waals surface area contributed by atoms with Gasteiger partial charge in [0.15, 0.2) is 0 Å². The minimum absolute atomic E-state index is 0.0546. The second-order valence-corrected chi connectivity index (χ2v) is 11.7. The largest absolute Gasteiger partial charge is 0.426 e. The normalized spacial score (nSPS) is 23.1. The Bertz CT molecular complexity index is 455. The Labute approximate surface area is 123 Å². The number of para-hydroxylation sites is 1. The van der Waals surface area contributed by atoms with E-state index in [9.17, 15) is 4.79 Å². The first-order valence-electron chi connectivity index (χ1n) is 7.37. The lowest BCUT2D eigenvalue weighted by Crippen LogP contribution is -2.48. The van der Waals surface area contributed by atoms with Crippen molar-refractivity contribution in [2.24, 2.45) is 5.92 Å². The summed E-state index contributed by atoms with van der Waals surface area (Å²) in [7, 11) is 0.927. The highest BCUT2D eigenvalue weighted by Crippen LogP contribution is 2.32. The highest BCUT2D eigenvalue weighted by molar-refractivity contribution is 6.73. The van der Waals surface area contributed by atoms with Crippen molar-refractivity contribution in [2.45, 2.75) is 44.9 Å². The summed E-state index contributed by atoms with van der Waals surface area (Å²) < 4.78 is 7.98. The molecule has 0 aliphatic heterocycles. The molecule has 0 spiro atoms. The van der Waals surface area contributed by atoms with E-state index in [1.165, 1.54) is 0 Å². The fraction of sp³-hybridized carbons (Fsp3) is 0.562. The topological polar surface area (TPSA) is 29.5 Å². The van der Waals surface area contributed by atoms with Crippen molar-refractivity contribution in [3.05, 3.63) is 30.3 Å². The number of hydrogen-bond acceptors (Lipinski definition) is 3. The van der Waals surface area contributed by atoms with Crippen molar-refractivity contribution in [2.75, 3.05) is 7.05 Å². The first-order chi connectivity index (χ1) is 9.38. The monoisotopic (exact) mass is 291 g/mol. The fourth-order valence-corrected chi connectivity index (χ4v) is 4.09. The van der Waals surface area contributed by atoms with Crippen LogP contribution in [-0.4, -0.2) is 31.9 Å². The summed E-state index contributed by atoms with van der Waals surface area (Å²) in [5, 5.41) is 0. The van der Waals surface area contributed by atoms with Crippen LogP contribution in [-0.2, 0) is 4.79 Å². The summed E-state index contributed by atoms with van der Waals surface area (Å²) in [4.78, 5) is 12.2. The van der Waals surface area contributed by atoms with Gasteiger partial charge in [0.2, 0.25) is 0 Å². The zero-order valence-electron chi connectivity index (χ0n) is 12.9. The molecule has 0 N–H and O–H groups in total. The van der Waals surface area contributed by atoms with Gasteiger partial charge in [0.1, 0.15) is 14.0 Å². The van der Waals surface area contributed by atoms with Gasteiger partial charge in [-0.3, -0.25) is 4.79 Å². The number of carbonyl (C=O) groups is 1. The summed E-state index contributed by atoms with van der Waals surface area (Å²) in [6.45, 7) is 7.05. The molecule has 110 valence electrons. The predicted molar refractivity (Wildman–Crippen MR) is 84.3 cm³/mol. The van der Waals surface area contributed by atoms with E-state index in [1.54, 1.807) is 0 Å². The van der Waals surface area contributed by atoms with Crippen molar-refractivity contribution < 1.29 is 9.53 Å². The van der Waals surface area contributed by atoms with Gasteiger partial charge in [0.05, 0.1) is 5.92 Å². The number of esters is 1.